The number of nitrogens with zero attached hydrogens (tertiary/aromatic N) is 1. The third kappa shape index (κ3) is 4.39. The topological polar surface area (TPSA) is 12.5 Å². The molecule has 128 valence electrons. The molecule has 5 heteroatoms. The molecule has 0 aromatic rings. The lowest BCUT2D eigenvalue weighted by Crippen LogP contribution is -2.44. The van der Waals surface area contributed by atoms with Crippen molar-refractivity contribution >= 4 is 8.32 Å². The summed E-state index contributed by atoms with van der Waals surface area (Å²) in [5.74, 6) is 0. The molecule has 2 fully saturated rings. The van der Waals surface area contributed by atoms with E-state index in [2.05, 4.69) is 38.8 Å². The number of likely N-dealkylation sites (tertiary alicyclic amines) is 1. The molecule has 0 unspecified atom stereocenters. The first-order valence-corrected chi connectivity index (χ1v) is 11.3. The minimum atomic E-state index is -1.69. The van der Waals surface area contributed by atoms with Gasteiger partial charge >= 0.3 is 0 Å². The van der Waals surface area contributed by atoms with Gasteiger partial charge in [-0.2, -0.15) is 8.78 Å². The first-order valence-electron chi connectivity index (χ1n) is 8.44. The van der Waals surface area contributed by atoms with Gasteiger partial charge in [0.2, 0.25) is 0 Å². The highest BCUT2D eigenvalue weighted by Crippen LogP contribution is 2.48. The van der Waals surface area contributed by atoms with E-state index in [-0.39, 0.29) is 5.04 Å². The Balaban J connectivity index is 1.82. The zero-order valence-electron chi connectivity index (χ0n) is 14.8. The van der Waals surface area contributed by atoms with E-state index in [1.165, 1.54) is 12.8 Å². The van der Waals surface area contributed by atoms with Gasteiger partial charge in [0, 0.05) is 31.7 Å². The average Bonchev–Trinajstić information content (AvgIpc) is 3.16. The number of halogens is 2. The Kier molecular flexibility index (Phi) is 5.20. The van der Waals surface area contributed by atoms with Gasteiger partial charge in [-0.1, -0.05) is 20.8 Å². The normalized spacial score (nSPS) is 22.8. The van der Waals surface area contributed by atoms with Crippen molar-refractivity contribution in [3.05, 3.63) is 11.7 Å². The van der Waals surface area contributed by atoms with Crippen LogP contribution in [0, 0.1) is 5.41 Å². The molecule has 2 rings (SSSR count). The van der Waals surface area contributed by atoms with Crippen molar-refractivity contribution in [2.75, 3.05) is 26.2 Å². The molecule has 0 N–H and O–H groups in total. The van der Waals surface area contributed by atoms with Crippen LogP contribution in [0.25, 0.3) is 0 Å². The fraction of sp³-hybridized carbons (Fsp3) is 0.882. The van der Waals surface area contributed by atoms with E-state index in [4.69, 9.17) is 4.43 Å². The van der Waals surface area contributed by atoms with Crippen molar-refractivity contribution in [2.24, 2.45) is 5.41 Å². The summed E-state index contributed by atoms with van der Waals surface area (Å²) in [6.45, 7) is 14.8. The Labute approximate surface area is 135 Å². The van der Waals surface area contributed by atoms with E-state index >= 15 is 0 Å². The predicted molar refractivity (Wildman–Crippen MR) is 89.7 cm³/mol. The Bertz CT molecular complexity index is 424. The first kappa shape index (κ1) is 18.1. The second-order valence-electron chi connectivity index (χ2n) is 8.69. The Morgan fingerprint density at radius 3 is 2.14 bits per heavy atom. The SMILES string of the molecule is CC(C)(C)[Si](C)(C)OCC1(CN2CCC(=C(F)F)CC2)CC1. The molecular formula is C17H31F2NOSi. The third-order valence-corrected chi connectivity index (χ3v) is 10.3. The molecule has 2 nitrogen and oxygen atoms in total. The van der Waals surface area contributed by atoms with Crippen LogP contribution < -0.4 is 0 Å². The van der Waals surface area contributed by atoms with Crippen LogP contribution in [-0.2, 0) is 4.43 Å². The fourth-order valence-electron chi connectivity index (χ4n) is 2.72. The van der Waals surface area contributed by atoms with Crippen LogP contribution in [0.3, 0.4) is 0 Å². The molecule has 22 heavy (non-hydrogen) atoms. The summed E-state index contributed by atoms with van der Waals surface area (Å²) in [6, 6.07) is 0. The quantitative estimate of drug-likeness (QED) is 0.655. The molecule has 1 aliphatic heterocycles. The molecule has 1 saturated carbocycles. The molecule has 1 heterocycles. The van der Waals surface area contributed by atoms with E-state index in [1.54, 1.807) is 0 Å². The van der Waals surface area contributed by atoms with Gasteiger partial charge in [0.25, 0.3) is 6.08 Å². The van der Waals surface area contributed by atoms with Crippen molar-refractivity contribution in [2.45, 2.75) is 64.6 Å². The Morgan fingerprint density at radius 2 is 1.73 bits per heavy atom. The summed E-state index contributed by atoms with van der Waals surface area (Å²) in [4.78, 5) is 2.36. The average molecular weight is 332 g/mol. The van der Waals surface area contributed by atoms with Gasteiger partial charge < -0.3 is 9.33 Å². The number of hydrogen-bond acceptors (Lipinski definition) is 2. The molecule has 1 aliphatic carbocycles. The summed E-state index contributed by atoms with van der Waals surface area (Å²) in [5, 5.41) is 0.243. The van der Waals surface area contributed by atoms with Crippen LogP contribution in [0.4, 0.5) is 8.78 Å². The van der Waals surface area contributed by atoms with Crippen molar-refractivity contribution in [1.29, 1.82) is 0 Å². The maximum absolute atomic E-state index is 12.6. The minimum absolute atomic E-state index is 0.243. The van der Waals surface area contributed by atoms with Crippen LogP contribution in [0.15, 0.2) is 11.7 Å². The van der Waals surface area contributed by atoms with Crippen LogP contribution in [-0.4, -0.2) is 39.5 Å². The highest BCUT2D eigenvalue weighted by atomic mass is 28.4. The zero-order chi connectivity index (χ0) is 16.6. The van der Waals surface area contributed by atoms with E-state index in [0.29, 0.717) is 23.8 Å². The fourth-order valence-corrected chi connectivity index (χ4v) is 3.82. The number of rotatable bonds is 5. The van der Waals surface area contributed by atoms with Crippen molar-refractivity contribution in [3.8, 4) is 0 Å². The van der Waals surface area contributed by atoms with Gasteiger partial charge in [0.15, 0.2) is 8.32 Å². The molecule has 0 aromatic carbocycles. The lowest BCUT2D eigenvalue weighted by atomic mass is 10.0. The lowest BCUT2D eigenvalue weighted by molar-refractivity contribution is 0.144. The van der Waals surface area contributed by atoms with Crippen LogP contribution >= 0.6 is 0 Å². The second kappa shape index (κ2) is 6.33. The summed E-state index contributed by atoms with van der Waals surface area (Å²) >= 11 is 0. The van der Waals surface area contributed by atoms with Crippen LogP contribution in [0.5, 0.6) is 0 Å². The molecule has 0 atom stereocenters. The number of piperidine rings is 1. The maximum Gasteiger partial charge on any atom is 0.269 e. The van der Waals surface area contributed by atoms with Crippen molar-refractivity contribution in [3.63, 3.8) is 0 Å². The minimum Gasteiger partial charge on any atom is -0.416 e. The monoisotopic (exact) mass is 331 g/mol. The van der Waals surface area contributed by atoms with E-state index < -0.39 is 14.4 Å². The third-order valence-electron chi connectivity index (χ3n) is 5.79. The van der Waals surface area contributed by atoms with Crippen molar-refractivity contribution < 1.29 is 13.2 Å². The molecule has 2 aliphatic rings. The first-order chi connectivity index (χ1) is 10.0. The molecule has 0 bridgehead atoms. The summed E-state index contributed by atoms with van der Waals surface area (Å²) in [7, 11) is -1.69. The standard InChI is InChI=1S/C17H31F2NOSi/c1-16(2,3)22(4,5)21-13-17(8-9-17)12-20-10-6-14(7-11-20)15(18)19/h6-13H2,1-5H3. The Morgan fingerprint density at radius 1 is 1.18 bits per heavy atom. The van der Waals surface area contributed by atoms with E-state index in [9.17, 15) is 8.78 Å². The molecular weight excluding hydrogens is 300 g/mol. The second-order valence-corrected chi connectivity index (χ2v) is 13.5. The van der Waals surface area contributed by atoms with Gasteiger partial charge in [-0.3, -0.25) is 0 Å². The smallest absolute Gasteiger partial charge is 0.269 e. The van der Waals surface area contributed by atoms with Crippen LogP contribution in [0.2, 0.25) is 18.1 Å². The predicted octanol–water partition coefficient (Wildman–Crippen LogP) is 5.03. The van der Waals surface area contributed by atoms with Gasteiger partial charge in [-0.05, 0) is 49.4 Å². The summed E-state index contributed by atoms with van der Waals surface area (Å²) in [5.41, 5.74) is 0.656. The lowest BCUT2D eigenvalue weighted by Gasteiger charge is -2.38. The summed E-state index contributed by atoms with van der Waals surface area (Å²) in [6.07, 6.45) is 2.04. The molecule has 1 saturated heterocycles. The summed E-state index contributed by atoms with van der Waals surface area (Å²) < 4.78 is 31.6. The largest absolute Gasteiger partial charge is 0.416 e. The number of hydrogen-bond donors (Lipinski definition) is 0. The van der Waals surface area contributed by atoms with Crippen LogP contribution in [0.1, 0.15) is 46.5 Å². The molecule has 0 aromatic heterocycles. The van der Waals surface area contributed by atoms with Gasteiger partial charge in [0.05, 0.1) is 0 Å². The van der Waals surface area contributed by atoms with Gasteiger partial charge in [-0.15, -0.1) is 0 Å². The van der Waals surface area contributed by atoms with Gasteiger partial charge in [-0.25, -0.2) is 0 Å². The highest BCUT2D eigenvalue weighted by molar-refractivity contribution is 6.74. The Hall–Kier alpha value is -0.263. The van der Waals surface area contributed by atoms with Crippen molar-refractivity contribution in [1.82, 2.24) is 4.90 Å². The highest BCUT2D eigenvalue weighted by Gasteiger charge is 2.47. The van der Waals surface area contributed by atoms with E-state index in [0.717, 1.165) is 26.2 Å². The van der Waals surface area contributed by atoms with E-state index in [1.807, 2.05) is 0 Å². The zero-order valence-corrected chi connectivity index (χ0v) is 15.8. The molecule has 0 spiro atoms. The molecule has 0 radical (unpaired) electrons. The van der Waals surface area contributed by atoms with Gasteiger partial charge in [0.1, 0.15) is 0 Å². The maximum atomic E-state index is 12.6. The molecule has 0 amide bonds.